The molecule has 0 amide bonds. The number of methoxy groups -OCH3 is 4. The average Bonchev–Trinajstić information content (AvgIpc) is 3.13. The molecule has 0 saturated heterocycles. The summed E-state index contributed by atoms with van der Waals surface area (Å²) in [5.41, 5.74) is 4.62. The van der Waals surface area contributed by atoms with Crippen LogP contribution in [-0.2, 0) is 57.8 Å². The van der Waals surface area contributed by atoms with Gasteiger partial charge in [0, 0.05) is 22.3 Å². The van der Waals surface area contributed by atoms with Gasteiger partial charge in [0.25, 0.3) is 0 Å². The summed E-state index contributed by atoms with van der Waals surface area (Å²) in [6.07, 6.45) is 4.78. The first-order valence-corrected chi connectivity index (χ1v) is 17.3. The van der Waals surface area contributed by atoms with Gasteiger partial charge in [-0.1, -0.05) is 53.4 Å². The van der Waals surface area contributed by atoms with Gasteiger partial charge >= 0.3 is 23.9 Å². The molecule has 0 radical (unpaired) electrons. The molecule has 0 unspecified atom stereocenters. The van der Waals surface area contributed by atoms with E-state index in [9.17, 15) is 24.3 Å². The summed E-state index contributed by atoms with van der Waals surface area (Å²) in [4.78, 5) is 51.6. The first-order chi connectivity index (χ1) is 24.5. The monoisotopic (exact) mass is 706 g/mol. The quantitative estimate of drug-likeness (QED) is 0.104. The molecular weight excluding hydrogens is 656 g/mol. The second-order valence-corrected chi connectivity index (χ2v) is 12.1. The minimum absolute atomic E-state index is 0.00739. The van der Waals surface area contributed by atoms with E-state index in [1.165, 1.54) is 40.6 Å². The van der Waals surface area contributed by atoms with Gasteiger partial charge in [-0.25, -0.2) is 19.2 Å². The van der Waals surface area contributed by atoms with Gasteiger partial charge in [-0.05, 0) is 67.1 Å². The zero-order valence-electron chi connectivity index (χ0n) is 31.0. The maximum Gasteiger partial charge on any atom is 0.338 e. The SMILES string of the molecule is CCCc1c(C(=O)OC)cc(C(=O)OC)c(CCC)c1OCc1cc(O)cc(COc2c(CCC)c(C(=O)OC)cc(C(=O)OC)c2CCC)c1. The number of hydrogen-bond acceptors (Lipinski definition) is 11. The fourth-order valence-electron chi connectivity index (χ4n) is 6.22. The van der Waals surface area contributed by atoms with E-state index >= 15 is 0 Å². The molecule has 0 heterocycles. The third-order valence-corrected chi connectivity index (χ3v) is 8.40. The highest BCUT2D eigenvalue weighted by Crippen LogP contribution is 2.37. The van der Waals surface area contributed by atoms with Crippen molar-refractivity contribution in [2.24, 2.45) is 0 Å². The van der Waals surface area contributed by atoms with Crippen molar-refractivity contribution >= 4 is 23.9 Å². The van der Waals surface area contributed by atoms with Crippen molar-refractivity contribution < 1.29 is 52.7 Å². The zero-order chi connectivity index (χ0) is 37.7. The van der Waals surface area contributed by atoms with E-state index in [4.69, 9.17) is 28.4 Å². The van der Waals surface area contributed by atoms with Crippen LogP contribution in [0.25, 0.3) is 0 Å². The minimum atomic E-state index is -0.593. The number of aromatic hydroxyl groups is 1. The summed E-state index contributed by atoms with van der Waals surface area (Å²) < 4.78 is 33.1. The Labute approximate surface area is 300 Å². The number of phenolic OH excluding ortho intramolecular Hbond substituents is 1. The first-order valence-electron chi connectivity index (χ1n) is 17.3. The van der Waals surface area contributed by atoms with Gasteiger partial charge in [0.05, 0.1) is 50.7 Å². The normalized spacial score (nSPS) is 10.7. The van der Waals surface area contributed by atoms with Crippen LogP contribution in [0.4, 0.5) is 0 Å². The maximum absolute atomic E-state index is 12.9. The molecule has 0 fully saturated rings. The Morgan fingerprint density at radius 1 is 0.471 bits per heavy atom. The van der Waals surface area contributed by atoms with Crippen LogP contribution in [0.3, 0.4) is 0 Å². The third-order valence-electron chi connectivity index (χ3n) is 8.40. The fourth-order valence-corrected chi connectivity index (χ4v) is 6.22. The highest BCUT2D eigenvalue weighted by Gasteiger charge is 2.28. The Morgan fingerprint density at radius 3 is 0.980 bits per heavy atom. The lowest BCUT2D eigenvalue weighted by molar-refractivity contribution is 0.0578. The number of hydrogen-bond donors (Lipinski definition) is 1. The van der Waals surface area contributed by atoms with Crippen LogP contribution in [0, 0.1) is 0 Å². The number of carbonyl (C=O) groups excluding carboxylic acids is 4. The van der Waals surface area contributed by atoms with Crippen molar-refractivity contribution in [2.45, 2.75) is 92.3 Å². The van der Waals surface area contributed by atoms with E-state index in [0.717, 1.165) is 0 Å². The number of ether oxygens (including phenoxy) is 6. The summed E-state index contributed by atoms with van der Waals surface area (Å²) in [7, 11) is 5.13. The van der Waals surface area contributed by atoms with Crippen molar-refractivity contribution in [1.82, 2.24) is 0 Å². The van der Waals surface area contributed by atoms with Crippen LogP contribution in [-0.4, -0.2) is 57.4 Å². The molecule has 0 spiro atoms. The van der Waals surface area contributed by atoms with Crippen molar-refractivity contribution in [3.05, 3.63) is 86.0 Å². The van der Waals surface area contributed by atoms with E-state index in [0.29, 0.717) is 96.2 Å². The van der Waals surface area contributed by atoms with Gasteiger partial charge in [-0.15, -0.1) is 0 Å². The molecule has 0 saturated carbocycles. The number of carbonyl (C=O) groups is 4. The van der Waals surface area contributed by atoms with E-state index in [1.54, 1.807) is 12.1 Å². The lowest BCUT2D eigenvalue weighted by atomic mass is 9.91. The Balaban J connectivity index is 2.11. The van der Waals surface area contributed by atoms with Gasteiger partial charge in [-0.2, -0.15) is 0 Å². The van der Waals surface area contributed by atoms with E-state index in [2.05, 4.69) is 0 Å². The van der Waals surface area contributed by atoms with Crippen molar-refractivity contribution in [3.63, 3.8) is 0 Å². The van der Waals surface area contributed by atoms with Crippen LogP contribution >= 0.6 is 0 Å². The van der Waals surface area contributed by atoms with Gasteiger partial charge in [-0.3, -0.25) is 0 Å². The van der Waals surface area contributed by atoms with E-state index < -0.39 is 23.9 Å². The molecule has 0 aliphatic heterocycles. The maximum atomic E-state index is 12.9. The first kappa shape index (κ1) is 40.4. The molecule has 3 aromatic carbocycles. The largest absolute Gasteiger partial charge is 0.508 e. The number of benzene rings is 3. The molecule has 3 aromatic rings. The van der Waals surface area contributed by atoms with Crippen LogP contribution in [0.5, 0.6) is 17.2 Å². The summed E-state index contributed by atoms with van der Waals surface area (Å²) in [5.74, 6) is -1.58. The molecule has 51 heavy (non-hydrogen) atoms. The number of phenols is 1. The molecule has 0 aromatic heterocycles. The van der Waals surface area contributed by atoms with Gasteiger partial charge in [0.1, 0.15) is 30.5 Å². The van der Waals surface area contributed by atoms with E-state index in [1.807, 2.05) is 33.8 Å². The molecule has 276 valence electrons. The predicted octanol–water partition coefficient (Wildman–Crippen LogP) is 7.51. The number of rotatable bonds is 18. The van der Waals surface area contributed by atoms with Crippen molar-refractivity contribution in [2.75, 3.05) is 28.4 Å². The van der Waals surface area contributed by atoms with E-state index in [-0.39, 0.29) is 41.2 Å². The molecule has 3 rings (SSSR count). The Kier molecular flexibility index (Phi) is 15.3. The molecular formula is C40H50O11. The Morgan fingerprint density at radius 2 is 0.745 bits per heavy atom. The molecule has 11 heteroatoms. The molecule has 1 N–H and O–H groups in total. The van der Waals surface area contributed by atoms with Crippen LogP contribution in [0.2, 0.25) is 0 Å². The van der Waals surface area contributed by atoms with Crippen LogP contribution in [0.15, 0.2) is 30.3 Å². The molecule has 0 aliphatic carbocycles. The van der Waals surface area contributed by atoms with Gasteiger partial charge in [0.2, 0.25) is 0 Å². The minimum Gasteiger partial charge on any atom is -0.508 e. The number of esters is 4. The molecule has 0 atom stereocenters. The van der Waals surface area contributed by atoms with Crippen molar-refractivity contribution in [1.29, 1.82) is 0 Å². The topological polar surface area (TPSA) is 144 Å². The highest BCUT2D eigenvalue weighted by molar-refractivity contribution is 6.00. The lowest BCUT2D eigenvalue weighted by Gasteiger charge is -2.22. The molecule has 0 aliphatic rings. The third kappa shape index (κ3) is 9.59. The van der Waals surface area contributed by atoms with Crippen LogP contribution < -0.4 is 9.47 Å². The Bertz CT molecular complexity index is 1510. The van der Waals surface area contributed by atoms with Gasteiger partial charge < -0.3 is 33.5 Å². The highest BCUT2D eigenvalue weighted by atomic mass is 16.5. The molecule has 0 bridgehead atoms. The second kappa shape index (κ2) is 19.4. The smallest absolute Gasteiger partial charge is 0.338 e. The fraction of sp³-hybridized carbons (Fsp3) is 0.450. The summed E-state index contributed by atoms with van der Waals surface area (Å²) in [6.45, 7) is 7.90. The molecule has 11 nitrogen and oxygen atoms in total. The summed E-state index contributed by atoms with van der Waals surface area (Å²) >= 11 is 0. The lowest BCUT2D eigenvalue weighted by Crippen LogP contribution is -2.16. The second-order valence-electron chi connectivity index (χ2n) is 12.1. The summed E-state index contributed by atoms with van der Waals surface area (Å²) in [6, 6.07) is 7.97. The summed E-state index contributed by atoms with van der Waals surface area (Å²) in [5, 5.41) is 10.8. The van der Waals surface area contributed by atoms with Crippen molar-refractivity contribution in [3.8, 4) is 17.2 Å². The standard InChI is InChI=1S/C40H50O11/c1-9-13-27-31(37(42)46-5)20-32(38(43)47-6)28(14-10-2)35(27)50-22-24-17-25(19-26(41)18-24)23-51-36-29(15-11-3)33(39(44)48-7)21-34(40(45)49-8)30(36)16-12-4/h17-21,41H,9-16,22-23H2,1-8H3. The Hall–Kier alpha value is -5.06. The average molecular weight is 707 g/mol. The van der Waals surface area contributed by atoms with Gasteiger partial charge in [0.15, 0.2) is 0 Å². The predicted molar refractivity (Wildman–Crippen MR) is 191 cm³/mol. The van der Waals surface area contributed by atoms with Crippen LogP contribution in [0.1, 0.15) is 128 Å². The zero-order valence-corrected chi connectivity index (χ0v) is 31.0.